The number of nitrogens with one attached hydrogen (secondary N) is 2. The highest BCUT2D eigenvalue weighted by Crippen LogP contribution is 2.18. The number of nitriles is 1. The lowest BCUT2D eigenvalue weighted by atomic mass is 10.3. The van der Waals surface area contributed by atoms with Gasteiger partial charge in [0, 0.05) is 0 Å². The molecule has 22 heavy (non-hydrogen) atoms. The number of hydrogen-bond donors (Lipinski definition) is 2. The lowest BCUT2D eigenvalue weighted by Crippen LogP contribution is -3.06. The second-order valence-corrected chi connectivity index (χ2v) is 5.02. The standard InChI is InChI=1S/C15H17FN4O2/c1-20(2)8-7-18-15-13(9-17)19-14(22-15)10-21-12-5-3-11(16)4-6-12/h3-6,18H,7-8,10H2,1-2H3/p+1. The molecule has 0 unspecified atom stereocenters. The molecule has 0 aliphatic rings. The highest BCUT2D eigenvalue weighted by Gasteiger charge is 2.13. The van der Waals surface area contributed by atoms with Crippen molar-refractivity contribution >= 4 is 5.88 Å². The topological polar surface area (TPSA) is 75.5 Å². The van der Waals surface area contributed by atoms with Gasteiger partial charge < -0.3 is 19.4 Å². The molecule has 2 rings (SSSR count). The molecule has 7 heteroatoms. The second-order valence-electron chi connectivity index (χ2n) is 5.02. The molecule has 0 spiro atoms. The highest BCUT2D eigenvalue weighted by atomic mass is 19.1. The number of rotatable bonds is 7. The van der Waals surface area contributed by atoms with Crippen LogP contribution in [0.25, 0.3) is 0 Å². The molecular weight excluding hydrogens is 287 g/mol. The maximum absolute atomic E-state index is 12.8. The summed E-state index contributed by atoms with van der Waals surface area (Å²) in [6, 6.07) is 7.63. The normalized spacial score (nSPS) is 10.5. The zero-order chi connectivity index (χ0) is 15.9. The van der Waals surface area contributed by atoms with Crippen LogP contribution in [-0.4, -0.2) is 32.2 Å². The van der Waals surface area contributed by atoms with Crippen LogP contribution < -0.4 is 15.0 Å². The van der Waals surface area contributed by atoms with Gasteiger partial charge in [0.25, 0.3) is 0 Å². The first-order valence-electron chi connectivity index (χ1n) is 6.89. The van der Waals surface area contributed by atoms with E-state index >= 15 is 0 Å². The zero-order valence-electron chi connectivity index (χ0n) is 12.5. The van der Waals surface area contributed by atoms with Gasteiger partial charge >= 0.3 is 0 Å². The van der Waals surface area contributed by atoms with E-state index in [1.165, 1.54) is 29.2 Å². The van der Waals surface area contributed by atoms with Crippen LogP contribution in [0, 0.1) is 17.1 Å². The van der Waals surface area contributed by atoms with E-state index in [0.29, 0.717) is 24.1 Å². The quantitative estimate of drug-likeness (QED) is 0.792. The summed E-state index contributed by atoms with van der Waals surface area (Å²) in [6.07, 6.45) is 0. The number of anilines is 1. The molecule has 116 valence electrons. The van der Waals surface area contributed by atoms with Crippen LogP contribution in [0.5, 0.6) is 5.75 Å². The van der Waals surface area contributed by atoms with Crippen LogP contribution in [0.4, 0.5) is 10.3 Å². The Morgan fingerprint density at radius 3 is 2.73 bits per heavy atom. The molecular formula is C15H18FN4O2+. The van der Waals surface area contributed by atoms with Crippen molar-refractivity contribution in [3.05, 3.63) is 41.7 Å². The van der Waals surface area contributed by atoms with Crippen molar-refractivity contribution < 1.29 is 18.4 Å². The summed E-state index contributed by atoms with van der Waals surface area (Å²) in [5, 5.41) is 12.1. The Hall–Kier alpha value is -2.59. The molecule has 0 aliphatic carbocycles. The van der Waals surface area contributed by atoms with Crippen LogP contribution in [0.15, 0.2) is 28.7 Å². The first-order valence-corrected chi connectivity index (χ1v) is 6.89. The fourth-order valence-corrected chi connectivity index (χ4v) is 1.72. The van der Waals surface area contributed by atoms with Crippen molar-refractivity contribution in [1.29, 1.82) is 5.26 Å². The number of benzene rings is 1. The molecule has 1 heterocycles. The Bertz CT molecular complexity index is 647. The first kappa shape index (κ1) is 15.8. The molecule has 0 bridgehead atoms. The van der Waals surface area contributed by atoms with Gasteiger partial charge in [-0.25, -0.2) is 4.39 Å². The van der Waals surface area contributed by atoms with Crippen LogP contribution in [0.3, 0.4) is 0 Å². The van der Waals surface area contributed by atoms with E-state index in [0.717, 1.165) is 6.54 Å². The van der Waals surface area contributed by atoms with Crippen LogP contribution in [-0.2, 0) is 6.61 Å². The Morgan fingerprint density at radius 2 is 2.09 bits per heavy atom. The van der Waals surface area contributed by atoms with E-state index < -0.39 is 0 Å². The Kier molecular flexibility index (Phi) is 5.33. The predicted molar refractivity (Wildman–Crippen MR) is 78.1 cm³/mol. The SMILES string of the molecule is C[NH+](C)CCNc1oc(COc2ccc(F)cc2)nc1C#N. The second kappa shape index (κ2) is 7.43. The average Bonchev–Trinajstić information content (AvgIpc) is 2.89. The van der Waals surface area contributed by atoms with Gasteiger partial charge in [-0.05, 0) is 24.3 Å². The van der Waals surface area contributed by atoms with Gasteiger partial charge in [-0.2, -0.15) is 10.2 Å². The number of quaternary nitrogens is 1. The maximum Gasteiger partial charge on any atom is 0.236 e. The van der Waals surface area contributed by atoms with E-state index in [1.54, 1.807) is 0 Å². The molecule has 2 aromatic rings. The summed E-state index contributed by atoms with van der Waals surface area (Å²) in [5.74, 6) is 0.815. The van der Waals surface area contributed by atoms with E-state index in [1.807, 2.05) is 20.2 Å². The zero-order valence-corrected chi connectivity index (χ0v) is 12.5. The van der Waals surface area contributed by atoms with Crippen molar-refractivity contribution in [3.63, 3.8) is 0 Å². The van der Waals surface area contributed by atoms with Crippen LogP contribution in [0.2, 0.25) is 0 Å². The van der Waals surface area contributed by atoms with Gasteiger partial charge in [-0.1, -0.05) is 0 Å². The number of oxazole rings is 1. The molecule has 0 amide bonds. The lowest BCUT2D eigenvalue weighted by molar-refractivity contribution is -0.856. The Balaban J connectivity index is 1.95. The van der Waals surface area contributed by atoms with Crippen molar-refractivity contribution in [2.24, 2.45) is 0 Å². The largest absolute Gasteiger partial charge is 0.484 e. The number of nitrogens with zero attached hydrogens (tertiary/aromatic N) is 2. The Labute approximate surface area is 128 Å². The molecule has 0 saturated heterocycles. The van der Waals surface area contributed by atoms with E-state index in [2.05, 4.69) is 10.3 Å². The molecule has 0 fully saturated rings. The minimum atomic E-state index is -0.329. The maximum atomic E-state index is 12.8. The summed E-state index contributed by atoms with van der Waals surface area (Å²) in [5.41, 5.74) is 0.200. The van der Waals surface area contributed by atoms with Gasteiger partial charge in [-0.15, -0.1) is 0 Å². The van der Waals surface area contributed by atoms with Gasteiger partial charge in [0.15, 0.2) is 6.61 Å². The third-order valence-corrected chi connectivity index (χ3v) is 2.86. The van der Waals surface area contributed by atoms with Crippen molar-refractivity contribution in [2.75, 3.05) is 32.5 Å². The molecule has 6 nitrogen and oxygen atoms in total. The third kappa shape index (κ3) is 4.46. The predicted octanol–water partition coefficient (Wildman–Crippen LogP) is 0.821. The van der Waals surface area contributed by atoms with E-state index in [-0.39, 0.29) is 18.1 Å². The van der Waals surface area contributed by atoms with E-state index in [4.69, 9.17) is 14.4 Å². The molecule has 0 aliphatic heterocycles. The fraction of sp³-hybridized carbons (Fsp3) is 0.333. The van der Waals surface area contributed by atoms with Crippen molar-refractivity contribution in [1.82, 2.24) is 4.98 Å². The first-order chi connectivity index (χ1) is 10.6. The minimum absolute atomic E-state index is 0.0704. The summed E-state index contributed by atoms with van der Waals surface area (Å²) in [6.45, 7) is 1.62. The lowest BCUT2D eigenvalue weighted by Gasteiger charge is -2.07. The van der Waals surface area contributed by atoms with Gasteiger partial charge in [0.2, 0.25) is 17.5 Å². The number of ether oxygens (including phenoxy) is 1. The number of halogens is 1. The molecule has 0 saturated carbocycles. The van der Waals surface area contributed by atoms with Gasteiger partial charge in [0.1, 0.15) is 17.6 Å². The highest BCUT2D eigenvalue weighted by molar-refractivity contribution is 5.45. The fourth-order valence-electron chi connectivity index (χ4n) is 1.72. The monoisotopic (exact) mass is 305 g/mol. The molecule has 1 aromatic carbocycles. The third-order valence-electron chi connectivity index (χ3n) is 2.86. The summed E-state index contributed by atoms with van der Waals surface area (Å²) in [7, 11) is 4.07. The number of likely N-dealkylation sites (N-methyl/N-ethyl adjacent to an activating group) is 1. The van der Waals surface area contributed by atoms with Crippen molar-refractivity contribution in [3.8, 4) is 11.8 Å². The summed E-state index contributed by atoms with van der Waals surface area (Å²) >= 11 is 0. The minimum Gasteiger partial charge on any atom is -0.484 e. The number of hydrogen-bond acceptors (Lipinski definition) is 5. The van der Waals surface area contributed by atoms with Crippen LogP contribution in [0.1, 0.15) is 11.6 Å². The van der Waals surface area contributed by atoms with Gasteiger partial charge in [-0.3, -0.25) is 0 Å². The molecule has 1 aromatic heterocycles. The van der Waals surface area contributed by atoms with Crippen molar-refractivity contribution in [2.45, 2.75) is 6.61 Å². The Morgan fingerprint density at radius 1 is 1.36 bits per heavy atom. The smallest absolute Gasteiger partial charge is 0.236 e. The summed E-state index contributed by atoms with van der Waals surface area (Å²) < 4.78 is 23.7. The average molecular weight is 305 g/mol. The van der Waals surface area contributed by atoms with E-state index in [9.17, 15) is 4.39 Å². The molecule has 0 atom stereocenters. The molecule has 2 N–H and O–H groups in total. The molecule has 0 radical (unpaired) electrons. The van der Waals surface area contributed by atoms with Gasteiger partial charge in [0.05, 0.1) is 27.2 Å². The number of aromatic nitrogens is 1. The summed E-state index contributed by atoms with van der Waals surface area (Å²) in [4.78, 5) is 5.35. The van der Waals surface area contributed by atoms with Crippen LogP contribution >= 0.6 is 0 Å².